The van der Waals surface area contributed by atoms with Gasteiger partial charge in [0.05, 0.1) is 5.69 Å². The van der Waals surface area contributed by atoms with Crippen LogP contribution in [0.2, 0.25) is 0 Å². The number of aromatic amines is 1. The Morgan fingerprint density at radius 1 is 1.24 bits per heavy atom. The molecular formula is C21H20N4O3S. The number of rotatable bonds is 5. The van der Waals surface area contributed by atoms with Crippen molar-refractivity contribution in [3.8, 4) is 11.4 Å². The summed E-state index contributed by atoms with van der Waals surface area (Å²) < 4.78 is 8.02. The van der Waals surface area contributed by atoms with E-state index in [0.717, 1.165) is 5.69 Å². The molecule has 0 bridgehead atoms. The van der Waals surface area contributed by atoms with E-state index >= 15 is 0 Å². The summed E-state index contributed by atoms with van der Waals surface area (Å²) in [5, 5.41) is 2.89. The molecule has 29 heavy (non-hydrogen) atoms. The molecule has 1 aliphatic heterocycles. The standard InChI is InChI=1S/C21H20N4O3S/c1-14-20(27)25(17-7-2-3-8-18(17)28-14)11-9-19(26)23-15-5-4-6-16(13-15)24-12-10-22-21(24)29/h2-8,10,12-14H,9,11H2,1H3,(H,22,29)(H,23,26). The molecule has 1 atom stereocenters. The predicted molar refractivity (Wildman–Crippen MR) is 113 cm³/mol. The lowest BCUT2D eigenvalue weighted by Crippen LogP contribution is -2.45. The third-order valence-corrected chi connectivity index (χ3v) is 5.01. The molecule has 2 N–H and O–H groups in total. The van der Waals surface area contributed by atoms with Gasteiger partial charge in [0.25, 0.3) is 5.91 Å². The Labute approximate surface area is 172 Å². The van der Waals surface area contributed by atoms with E-state index in [1.54, 1.807) is 18.0 Å². The van der Waals surface area contributed by atoms with Gasteiger partial charge in [-0.15, -0.1) is 0 Å². The molecule has 1 aromatic heterocycles. The van der Waals surface area contributed by atoms with E-state index < -0.39 is 6.10 Å². The number of aromatic nitrogens is 2. The smallest absolute Gasteiger partial charge is 0.267 e. The largest absolute Gasteiger partial charge is 0.479 e. The third kappa shape index (κ3) is 3.93. The second kappa shape index (κ2) is 7.92. The number of carbonyl (C=O) groups excluding carboxylic acids is 2. The molecule has 0 saturated heterocycles. The van der Waals surface area contributed by atoms with Crippen LogP contribution in [0.3, 0.4) is 0 Å². The number of ether oxygens (including phenoxy) is 1. The molecule has 2 amide bonds. The number of para-hydroxylation sites is 2. The molecule has 3 aromatic rings. The van der Waals surface area contributed by atoms with E-state index in [0.29, 0.717) is 21.9 Å². The zero-order valence-electron chi connectivity index (χ0n) is 15.8. The molecular weight excluding hydrogens is 388 g/mol. The highest BCUT2D eigenvalue weighted by Crippen LogP contribution is 2.33. The van der Waals surface area contributed by atoms with Crippen LogP contribution in [0.5, 0.6) is 5.75 Å². The van der Waals surface area contributed by atoms with Crippen molar-refractivity contribution in [3.05, 3.63) is 65.7 Å². The van der Waals surface area contributed by atoms with Crippen LogP contribution in [0.15, 0.2) is 60.9 Å². The van der Waals surface area contributed by atoms with Gasteiger partial charge in [0.1, 0.15) is 5.75 Å². The molecule has 1 unspecified atom stereocenters. The van der Waals surface area contributed by atoms with Crippen LogP contribution in [0, 0.1) is 4.77 Å². The van der Waals surface area contributed by atoms with Crippen molar-refractivity contribution in [2.45, 2.75) is 19.4 Å². The summed E-state index contributed by atoms with van der Waals surface area (Å²) >= 11 is 5.24. The number of benzene rings is 2. The Morgan fingerprint density at radius 3 is 2.86 bits per heavy atom. The van der Waals surface area contributed by atoms with Gasteiger partial charge in [-0.3, -0.25) is 14.2 Å². The van der Waals surface area contributed by atoms with Crippen molar-refractivity contribution < 1.29 is 14.3 Å². The van der Waals surface area contributed by atoms with Crippen molar-refractivity contribution in [2.24, 2.45) is 0 Å². The Balaban J connectivity index is 1.44. The van der Waals surface area contributed by atoms with Gasteiger partial charge >= 0.3 is 0 Å². The fraction of sp³-hybridized carbons (Fsp3) is 0.190. The van der Waals surface area contributed by atoms with Gasteiger partial charge in [0.15, 0.2) is 10.9 Å². The molecule has 7 nitrogen and oxygen atoms in total. The second-order valence-electron chi connectivity index (χ2n) is 6.70. The summed E-state index contributed by atoms with van der Waals surface area (Å²) in [5.74, 6) is 0.320. The SMILES string of the molecule is CC1Oc2ccccc2N(CCC(=O)Nc2cccc(-n3cc[nH]c3=S)c2)C1=O. The first-order valence-electron chi connectivity index (χ1n) is 9.26. The number of nitrogens with zero attached hydrogens (tertiary/aromatic N) is 2. The normalized spacial score (nSPS) is 15.6. The molecule has 0 fully saturated rings. The maximum Gasteiger partial charge on any atom is 0.267 e. The third-order valence-electron chi connectivity index (χ3n) is 4.69. The Kier molecular flexibility index (Phi) is 5.18. The monoisotopic (exact) mass is 408 g/mol. The topological polar surface area (TPSA) is 79.4 Å². The van der Waals surface area contributed by atoms with Gasteiger partial charge in [-0.25, -0.2) is 0 Å². The number of hydrogen-bond acceptors (Lipinski definition) is 4. The lowest BCUT2D eigenvalue weighted by molar-refractivity contribution is -0.125. The highest BCUT2D eigenvalue weighted by molar-refractivity contribution is 7.71. The van der Waals surface area contributed by atoms with Crippen LogP contribution in [0.25, 0.3) is 5.69 Å². The van der Waals surface area contributed by atoms with E-state index in [4.69, 9.17) is 17.0 Å². The molecule has 0 spiro atoms. The summed E-state index contributed by atoms with van der Waals surface area (Å²) in [7, 11) is 0. The van der Waals surface area contributed by atoms with Gasteiger partial charge in [-0.05, 0) is 49.5 Å². The van der Waals surface area contributed by atoms with Gasteiger partial charge in [0.2, 0.25) is 5.91 Å². The van der Waals surface area contributed by atoms with Gasteiger partial charge in [0, 0.05) is 36.7 Å². The van der Waals surface area contributed by atoms with Crippen molar-refractivity contribution in [3.63, 3.8) is 0 Å². The Bertz CT molecular complexity index is 1120. The fourth-order valence-electron chi connectivity index (χ4n) is 3.28. The minimum Gasteiger partial charge on any atom is -0.479 e. The Hall–Kier alpha value is -3.39. The predicted octanol–water partition coefficient (Wildman–Crippen LogP) is 3.68. The van der Waals surface area contributed by atoms with E-state index in [-0.39, 0.29) is 24.8 Å². The van der Waals surface area contributed by atoms with Crippen LogP contribution >= 0.6 is 12.2 Å². The Morgan fingerprint density at radius 2 is 2.07 bits per heavy atom. The molecule has 148 valence electrons. The average Bonchev–Trinajstić information content (AvgIpc) is 3.14. The van der Waals surface area contributed by atoms with E-state index in [9.17, 15) is 9.59 Å². The van der Waals surface area contributed by atoms with E-state index in [1.807, 2.05) is 59.3 Å². The average molecular weight is 408 g/mol. The first-order valence-corrected chi connectivity index (χ1v) is 9.67. The van der Waals surface area contributed by atoms with Crippen LogP contribution in [-0.4, -0.2) is 34.0 Å². The number of H-pyrrole nitrogens is 1. The molecule has 2 aromatic carbocycles. The first kappa shape index (κ1) is 18.9. The van der Waals surface area contributed by atoms with Crippen molar-refractivity contribution in [2.75, 3.05) is 16.8 Å². The summed E-state index contributed by atoms with van der Waals surface area (Å²) in [6.07, 6.45) is 3.17. The summed E-state index contributed by atoms with van der Waals surface area (Å²) in [6, 6.07) is 14.8. The number of amides is 2. The number of anilines is 2. The maximum atomic E-state index is 12.5. The number of carbonyl (C=O) groups is 2. The zero-order valence-corrected chi connectivity index (χ0v) is 16.6. The van der Waals surface area contributed by atoms with Crippen LogP contribution in [-0.2, 0) is 9.59 Å². The van der Waals surface area contributed by atoms with Crippen LogP contribution < -0.4 is 15.0 Å². The lowest BCUT2D eigenvalue weighted by atomic mass is 10.1. The molecule has 0 radical (unpaired) electrons. The molecule has 4 rings (SSSR count). The zero-order chi connectivity index (χ0) is 20.4. The van der Waals surface area contributed by atoms with Crippen LogP contribution in [0.1, 0.15) is 13.3 Å². The van der Waals surface area contributed by atoms with Crippen LogP contribution in [0.4, 0.5) is 11.4 Å². The number of fused-ring (bicyclic) bond motifs is 1. The van der Waals surface area contributed by atoms with Crippen molar-refractivity contribution in [1.82, 2.24) is 9.55 Å². The minimum absolute atomic E-state index is 0.152. The van der Waals surface area contributed by atoms with Crippen molar-refractivity contribution >= 4 is 35.4 Å². The molecule has 0 saturated carbocycles. The summed E-state index contributed by atoms with van der Waals surface area (Å²) in [6.45, 7) is 1.99. The highest BCUT2D eigenvalue weighted by atomic mass is 32.1. The first-order chi connectivity index (χ1) is 14.0. The minimum atomic E-state index is -0.574. The van der Waals surface area contributed by atoms with E-state index in [1.165, 1.54) is 0 Å². The van der Waals surface area contributed by atoms with Gasteiger partial charge in [-0.1, -0.05) is 18.2 Å². The van der Waals surface area contributed by atoms with Gasteiger partial charge < -0.3 is 19.9 Å². The van der Waals surface area contributed by atoms with Gasteiger partial charge in [-0.2, -0.15) is 0 Å². The lowest BCUT2D eigenvalue weighted by Gasteiger charge is -2.32. The molecule has 8 heteroatoms. The summed E-state index contributed by atoms with van der Waals surface area (Å²) in [5.41, 5.74) is 2.20. The molecule has 0 aliphatic carbocycles. The number of imidazole rings is 1. The maximum absolute atomic E-state index is 12.5. The second-order valence-corrected chi connectivity index (χ2v) is 7.09. The summed E-state index contributed by atoms with van der Waals surface area (Å²) in [4.78, 5) is 29.6. The quantitative estimate of drug-likeness (QED) is 0.631. The van der Waals surface area contributed by atoms with Crippen molar-refractivity contribution in [1.29, 1.82) is 0 Å². The fourth-order valence-corrected chi connectivity index (χ4v) is 3.52. The number of nitrogens with one attached hydrogen (secondary N) is 2. The molecule has 1 aliphatic rings. The highest BCUT2D eigenvalue weighted by Gasteiger charge is 2.31. The van der Waals surface area contributed by atoms with E-state index in [2.05, 4.69) is 10.3 Å². The molecule has 2 heterocycles. The number of hydrogen-bond donors (Lipinski definition) is 2.